The van der Waals surface area contributed by atoms with Gasteiger partial charge < -0.3 is 18.3 Å². The van der Waals surface area contributed by atoms with Gasteiger partial charge in [-0.15, -0.1) is 0 Å². The first-order chi connectivity index (χ1) is 14.4. The topological polar surface area (TPSA) is 49.0 Å². The Labute approximate surface area is 199 Å². The molecule has 0 aromatic carbocycles. The SMILES string of the molecule is CCCCCC(OC(C)NC(C)OC(CCCCC)[SiH2]OC(C)(C)C)[SiH2]OC(C)(C)C. The Kier molecular flexibility index (Phi) is 16.9. The Balaban J connectivity index is 4.66. The monoisotopic (exact) mass is 477 g/mol. The van der Waals surface area contributed by atoms with E-state index in [0.717, 1.165) is 12.8 Å². The summed E-state index contributed by atoms with van der Waals surface area (Å²) < 4.78 is 25.1. The van der Waals surface area contributed by atoms with Gasteiger partial charge in [-0.1, -0.05) is 52.4 Å². The number of hydrogen-bond donors (Lipinski definition) is 1. The highest BCUT2D eigenvalue weighted by atomic mass is 28.2. The molecule has 188 valence electrons. The van der Waals surface area contributed by atoms with Crippen molar-refractivity contribution in [2.75, 3.05) is 0 Å². The second kappa shape index (κ2) is 16.8. The average molecular weight is 478 g/mol. The molecule has 1 N–H and O–H groups in total. The van der Waals surface area contributed by atoms with Crippen molar-refractivity contribution in [3.63, 3.8) is 0 Å². The van der Waals surface area contributed by atoms with Crippen LogP contribution in [0.15, 0.2) is 0 Å². The predicted octanol–water partition coefficient (Wildman–Crippen LogP) is 4.91. The van der Waals surface area contributed by atoms with E-state index in [4.69, 9.17) is 18.3 Å². The van der Waals surface area contributed by atoms with E-state index in [1.54, 1.807) is 0 Å². The molecule has 0 rings (SSSR count). The van der Waals surface area contributed by atoms with Crippen molar-refractivity contribution < 1.29 is 18.3 Å². The molecule has 0 fully saturated rings. The summed E-state index contributed by atoms with van der Waals surface area (Å²) in [7, 11) is -1.52. The maximum Gasteiger partial charge on any atom is 0.191 e. The molecule has 0 aromatic heterocycles. The summed E-state index contributed by atoms with van der Waals surface area (Å²) in [5.74, 6) is 0. The van der Waals surface area contributed by atoms with Crippen LogP contribution in [-0.4, -0.2) is 54.6 Å². The first-order valence-electron chi connectivity index (χ1n) is 12.7. The molecule has 0 aliphatic carbocycles. The van der Waals surface area contributed by atoms with Crippen LogP contribution in [0.25, 0.3) is 0 Å². The summed E-state index contributed by atoms with van der Waals surface area (Å²) in [5, 5.41) is 3.50. The molecule has 0 spiro atoms. The van der Waals surface area contributed by atoms with Gasteiger partial charge in [0.15, 0.2) is 19.5 Å². The summed E-state index contributed by atoms with van der Waals surface area (Å²) >= 11 is 0. The number of rotatable bonds is 18. The van der Waals surface area contributed by atoms with E-state index in [1.807, 2.05) is 0 Å². The molecule has 4 atom stereocenters. The van der Waals surface area contributed by atoms with Gasteiger partial charge in [0.05, 0.1) is 11.5 Å². The van der Waals surface area contributed by atoms with E-state index in [2.05, 4.69) is 74.6 Å². The first kappa shape index (κ1) is 31.2. The van der Waals surface area contributed by atoms with Crippen LogP contribution in [0.1, 0.15) is 121 Å². The van der Waals surface area contributed by atoms with Crippen LogP contribution < -0.4 is 5.32 Å². The fraction of sp³-hybridized carbons (Fsp3) is 1.00. The Morgan fingerprint density at radius 1 is 0.645 bits per heavy atom. The van der Waals surface area contributed by atoms with Crippen molar-refractivity contribution in [3.05, 3.63) is 0 Å². The van der Waals surface area contributed by atoms with Gasteiger partial charge in [0.25, 0.3) is 0 Å². The summed E-state index contributed by atoms with van der Waals surface area (Å²) in [5.41, 5.74) is 0.295. The van der Waals surface area contributed by atoms with Crippen LogP contribution in [0.4, 0.5) is 0 Å². The lowest BCUT2D eigenvalue weighted by Gasteiger charge is -2.30. The molecule has 0 saturated carbocycles. The molecule has 0 amide bonds. The zero-order valence-electron chi connectivity index (χ0n) is 22.5. The van der Waals surface area contributed by atoms with Crippen molar-refractivity contribution in [1.82, 2.24) is 5.32 Å². The van der Waals surface area contributed by atoms with Gasteiger partial charge >= 0.3 is 0 Å². The Bertz CT molecular complexity index is 389. The molecular weight excluding hydrogens is 422 g/mol. The Morgan fingerprint density at radius 3 is 1.29 bits per heavy atom. The van der Waals surface area contributed by atoms with Gasteiger partial charge in [0, 0.05) is 11.2 Å². The Morgan fingerprint density at radius 2 is 1.00 bits per heavy atom. The van der Waals surface area contributed by atoms with Crippen molar-refractivity contribution in [2.24, 2.45) is 0 Å². The molecule has 0 radical (unpaired) electrons. The summed E-state index contributed by atoms with van der Waals surface area (Å²) in [6.07, 6.45) is 9.43. The third kappa shape index (κ3) is 20.6. The molecule has 0 aromatic rings. The minimum absolute atomic E-state index is 0.0563. The second-order valence-corrected chi connectivity index (χ2v) is 13.9. The highest BCUT2D eigenvalue weighted by molar-refractivity contribution is 6.29. The molecule has 5 nitrogen and oxygen atoms in total. The maximum absolute atomic E-state index is 6.38. The van der Waals surface area contributed by atoms with E-state index >= 15 is 0 Å². The molecule has 7 heteroatoms. The lowest BCUT2D eigenvalue weighted by molar-refractivity contribution is -0.0617. The zero-order valence-corrected chi connectivity index (χ0v) is 25.3. The summed E-state index contributed by atoms with van der Waals surface area (Å²) in [4.78, 5) is 0. The van der Waals surface area contributed by atoms with Crippen molar-refractivity contribution >= 4 is 19.5 Å². The standard InChI is InChI=1S/C24H55NO4Si2/c1-11-13-15-17-21(30-28-23(5,6)7)26-19(3)25-20(4)27-22(18-16-14-12-2)31-29-24(8,9)10/h19-22,25H,11-18,30-31H2,1-10H3. The van der Waals surface area contributed by atoms with Gasteiger partial charge in [-0.25, -0.2) is 0 Å². The zero-order chi connectivity index (χ0) is 23.9. The van der Waals surface area contributed by atoms with Gasteiger partial charge in [-0.3, -0.25) is 5.32 Å². The van der Waals surface area contributed by atoms with Crippen molar-refractivity contribution in [2.45, 2.75) is 156 Å². The predicted molar refractivity (Wildman–Crippen MR) is 139 cm³/mol. The van der Waals surface area contributed by atoms with Crippen molar-refractivity contribution in [3.8, 4) is 0 Å². The summed E-state index contributed by atoms with van der Waals surface area (Å²) in [6.45, 7) is 21.4. The van der Waals surface area contributed by atoms with Crippen LogP contribution in [0, 0.1) is 0 Å². The van der Waals surface area contributed by atoms with Gasteiger partial charge in [0.2, 0.25) is 0 Å². The van der Waals surface area contributed by atoms with Crippen LogP contribution >= 0.6 is 0 Å². The number of hydrogen-bond acceptors (Lipinski definition) is 5. The molecule has 0 bridgehead atoms. The van der Waals surface area contributed by atoms with E-state index < -0.39 is 19.5 Å². The highest BCUT2D eigenvalue weighted by Crippen LogP contribution is 2.15. The van der Waals surface area contributed by atoms with E-state index in [1.165, 1.54) is 38.5 Å². The van der Waals surface area contributed by atoms with Crippen LogP contribution in [-0.2, 0) is 18.3 Å². The van der Waals surface area contributed by atoms with Crippen LogP contribution in [0.3, 0.4) is 0 Å². The molecular formula is C24H55NO4Si2. The molecule has 0 aliphatic heterocycles. The maximum atomic E-state index is 6.38. The molecule has 0 saturated heterocycles. The molecule has 0 heterocycles. The number of nitrogens with one attached hydrogen (secondary N) is 1. The van der Waals surface area contributed by atoms with Gasteiger partial charge in [-0.2, -0.15) is 0 Å². The quantitative estimate of drug-likeness (QED) is 0.173. The number of ether oxygens (including phenoxy) is 2. The van der Waals surface area contributed by atoms with Crippen molar-refractivity contribution in [1.29, 1.82) is 0 Å². The minimum Gasteiger partial charge on any atom is -0.417 e. The fourth-order valence-electron chi connectivity index (χ4n) is 3.30. The largest absolute Gasteiger partial charge is 0.417 e. The van der Waals surface area contributed by atoms with Crippen LogP contribution in [0.2, 0.25) is 0 Å². The smallest absolute Gasteiger partial charge is 0.191 e. The Hall–Kier alpha value is 0.234. The minimum atomic E-state index is -0.760. The van der Waals surface area contributed by atoms with Crippen LogP contribution in [0.5, 0.6) is 0 Å². The molecule has 31 heavy (non-hydrogen) atoms. The highest BCUT2D eigenvalue weighted by Gasteiger charge is 2.22. The second-order valence-electron chi connectivity index (χ2n) is 10.8. The fourth-order valence-corrected chi connectivity index (χ4v) is 6.31. The lowest BCUT2D eigenvalue weighted by atomic mass is 10.2. The van der Waals surface area contributed by atoms with Gasteiger partial charge in [0.1, 0.15) is 12.5 Å². The normalized spacial score (nSPS) is 17.6. The van der Waals surface area contributed by atoms with E-state index in [-0.39, 0.29) is 35.1 Å². The third-order valence-electron chi connectivity index (χ3n) is 4.93. The van der Waals surface area contributed by atoms with E-state index in [0.29, 0.717) is 0 Å². The third-order valence-corrected chi connectivity index (χ3v) is 8.94. The molecule has 0 aliphatic rings. The average Bonchev–Trinajstić information content (AvgIpc) is 2.62. The summed E-state index contributed by atoms with van der Waals surface area (Å²) in [6, 6.07) is 0. The molecule has 4 unspecified atom stereocenters. The first-order valence-corrected chi connectivity index (χ1v) is 15.5. The van der Waals surface area contributed by atoms with Gasteiger partial charge in [-0.05, 0) is 68.2 Å². The lowest BCUT2D eigenvalue weighted by Crippen LogP contribution is -2.45. The number of unbranched alkanes of at least 4 members (excludes halogenated alkanes) is 4. The van der Waals surface area contributed by atoms with E-state index in [9.17, 15) is 0 Å².